The molecule has 2 heterocycles. The van der Waals surface area contributed by atoms with Crippen molar-refractivity contribution in [1.29, 1.82) is 0 Å². The van der Waals surface area contributed by atoms with Crippen LogP contribution in [0.15, 0.2) is 53.4 Å². The third-order valence-electron chi connectivity index (χ3n) is 4.12. The smallest absolute Gasteiger partial charge is 0.274 e. The summed E-state index contributed by atoms with van der Waals surface area (Å²) in [6.07, 6.45) is 5.22. The van der Waals surface area contributed by atoms with E-state index in [1.54, 1.807) is 25.1 Å². The number of H-pyrrole nitrogens is 1. The molecular weight excluding hydrogens is 347 g/mol. The second-order valence-electron chi connectivity index (χ2n) is 6.14. The summed E-state index contributed by atoms with van der Waals surface area (Å²) in [7, 11) is 0. The number of hydrogen-bond donors (Lipinski definition) is 1. The van der Waals surface area contributed by atoms with Gasteiger partial charge in [0, 0.05) is 11.6 Å². The SMILES string of the molecule is C/C=C\C=C(/C)c1nc2nc(COC(C)c3ccccc3F)cc(=O)n2[nH]1. The third kappa shape index (κ3) is 4.20. The van der Waals surface area contributed by atoms with Crippen LogP contribution in [-0.4, -0.2) is 19.6 Å². The summed E-state index contributed by atoms with van der Waals surface area (Å²) in [4.78, 5) is 21.1. The van der Waals surface area contributed by atoms with Gasteiger partial charge in [-0.05, 0) is 32.4 Å². The number of ether oxygens (including phenoxy) is 1. The van der Waals surface area contributed by atoms with Crippen molar-refractivity contribution in [3.63, 3.8) is 0 Å². The molecule has 0 bridgehead atoms. The molecule has 0 aliphatic rings. The molecular formula is C20H21FN4O2. The fourth-order valence-corrected chi connectivity index (χ4v) is 2.60. The lowest BCUT2D eigenvalue weighted by atomic mass is 10.1. The Morgan fingerprint density at radius 3 is 2.89 bits per heavy atom. The molecule has 0 spiro atoms. The molecule has 1 aromatic carbocycles. The van der Waals surface area contributed by atoms with Gasteiger partial charge in [0.25, 0.3) is 11.3 Å². The maximum atomic E-state index is 13.8. The predicted octanol–water partition coefficient (Wildman–Crippen LogP) is 3.81. The topological polar surface area (TPSA) is 72.3 Å². The van der Waals surface area contributed by atoms with E-state index in [1.165, 1.54) is 16.6 Å². The van der Waals surface area contributed by atoms with E-state index in [1.807, 2.05) is 32.1 Å². The van der Waals surface area contributed by atoms with Gasteiger partial charge in [-0.15, -0.1) is 0 Å². The first-order valence-corrected chi connectivity index (χ1v) is 8.64. The molecule has 1 unspecified atom stereocenters. The van der Waals surface area contributed by atoms with Gasteiger partial charge in [-0.25, -0.2) is 9.37 Å². The fourth-order valence-electron chi connectivity index (χ4n) is 2.60. The summed E-state index contributed by atoms with van der Waals surface area (Å²) in [5.41, 5.74) is 1.50. The highest BCUT2D eigenvalue weighted by atomic mass is 19.1. The molecule has 6 nitrogen and oxygen atoms in total. The van der Waals surface area contributed by atoms with Gasteiger partial charge in [0.15, 0.2) is 5.82 Å². The van der Waals surface area contributed by atoms with Crippen LogP contribution in [0.3, 0.4) is 0 Å². The minimum Gasteiger partial charge on any atom is -0.367 e. The van der Waals surface area contributed by atoms with Gasteiger partial charge in [-0.1, -0.05) is 36.4 Å². The zero-order valence-electron chi connectivity index (χ0n) is 15.4. The van der Waals surface area contributed by atoms with Crippen molar-refractivity contribution < 1.29 is 9.13 Å². The molecule has 1 atom stereocenters. The molecule has 3 rings (SSSR count). The van der Waals surface area contributed by atoms with Gasteiger partial charge in [-0.3, -0.25) is 9.89 Å². The van der Waals surface area contributed by atoms with Gasteiger partial charge >= 0.3 is 0 Å². The van der Waals surface area contributed by atoms with E-state index in [9.17, 15) is 9.18 Å². The van der Waals surface area contributed by atoms with E-state index < -0.39 is 6.10 Å². The molecule has 27 heavy (non-hydrogen) atoms. The molecule has 0 radical (unpaired) electrons. The van der Waals surface area contributed by atoms with Crippen LogP contribution in [0.25, 0.3) is 11.4 Å². The second kappa shape index (κ2) is 8.09. The number of nitrogens with zero attached hydrogens (tertiary/aromatic N) is 3. The van der Waals surface area contributed by atoms with Crippen LogP contribution in [0, 0.1) is 5.82 Å². The Kier molecular flexibility index (Phi) is 5.61. The van der Waals surface area contributed by atoms with E-state index in [4.69, 9.17) is 4.74 Å². The average molecular weight is 368 g/mol. The van der Waals surface area contributed by atoms with Crippen LogP contribution in [0.5, 0.6) is 0 Å². The normalized spacial score (nSPS) is 13.6. The number of aromatic nitrogens is 4. The van der Waals surface area contributed by atoms with Gasteiger partial charge in [0.1, 0.15) is 5.82 Å². The van der Waals surface area contributed by atoms with E-state index >= 15 is 0 Å². The van der Waals surface area contributed by atoms with Gasteiger partial charge in [0.05, 0.1) is 18.4 Å². The number of fused-ring (bicyclic) bond motifs is 1. The van der Waals surface area contributed by atoms with Crippen molar-refractivity contribution >= 4 is 11.4 Å². The van der Waals surface area contributed by atoms with E-state index in [0.29, 0.717) is 17.1 Å². The third-order valence-corrected chi connectivity index (χ3v) is 4.12. The minimum absolute atomic E-state index is 0.0802. The summed E-state index contributed by atoms with van der Waals surface area (Å²) >= 11 is 0. The van der Waals surface area contributed by atoms with Crippen LogP contribution in [0.4, 0.5) is 4.39 Å². The first-order chi connectivity index (χ1) is 13.0. The predicted molar refractivity (Wildman–Crippen MR) is 102 cm³/mol. The van der Waals surface area contributed by atoms with Crippen molar-refractivity contribution in [2.45, 2.75) is 33.5 Å². The lowest BCUT2D eigenvalue weighted by Gasteiger charge is -2.13. The maximum absolute atomic E-state index is 13.8. The standard InChI is InChI=1S/C20H21FN4O2/c1-4-5-8-13(2)19-23-20-22-15(11-18(26)25(20)24-19)12-27-14(3)16-9-6-7-10-17(16)21/h4-11,14H,12H2,1-3H3,(H,22,23,24)/b5-4-,13-8+. The number of nitrogens with one attached hydrogen (secondary N) is 1. The van der Waals surface area contributed by atoms with E-state index in [2.05, 4.69) is 15.1 Å². The Hall–Kier alpha value is -3.06. The first kappa shape index (κ1) is 18.7. The lowest BCUT2D eigenvalue weighted by molar-refractivity contribution is 0.0482. The average Bonchev–Trinajstić information content (AvgIpc) is 3.09. The Bertz CT molecular complexity index is 1070. The molecule has 140 valence electrons. The number of hydrogen-bond acceptors (Lipinski definition) is 4. The molecule has 0 aliphatic heterocycles. The van der Waals surface area contributed by atoms with Crippen molar-refractivity contribution in [3.05, 3.63) is 81.8 Å². The van der Waals surface area contributed by atoms with Gasteiger partial charge in [-0.2, -0.15) is 9.50 Å². The highest BCUT2D eigenvalue weighted by Crippen LogP contribution is 2.20. The number of rotatable bonds is 6. The van der Waals surface area contributed by atoms with Gasteiger partial charge < -0.3 is 4.74 Å². The summed E-state index contributed by atoms with van der Waals surface area (Å²) < 4.78 is 20.8. The van der Waals surface area contributed by atoms with Crippen LogP contribution in [0.2, 0.25) is 0 Å². The number of benzene rings is 1. The monoisotopic (exact) mass is 368 g/mol. The molecule has 0 fully saturated rings. The zero-order valence-corrected chi connectivity index (χ0v) is 15.4. The minimum atomic E-state index is -0.466. The van der Waals surface area contributed by atoms with Crippen LogP contribution in [-0.2, 0) is 11.3 Å². The maximum Gasteiger partial charge on any atom is 0.274 e. The number of allylic oxidation sites excluding steroid dienone is 4. The summed E-state index contributed by atoms with van der Waals surface area (Å²) in [5, 5.41) is 2.94. The quantitative estimate of drug-likeness (QED) is 0.672. The van der Waals surface area contributed by atoms with E-state index in [0.717, 1.165) is 5.57 Å². The van der Waals surface area contributed by atoms with Gasteiger partial charge in [0.2, 0.25) is 0 Å². The van der Waals surface area contributed by atoms with Crippen LogP contribution >= 0.6 is 0 Å². The molecule has 7 heteroatoms. The number of halogens is 1. The summed E-state index contributed by atoms with van der Waals surface area (Å²) in [6.45, 7) is 5.65. The van der Waals surface area contributed by atoms with Crippen molar-refractivity contribution in [2.24, 2.45) is 0 Å². The molecule has 1 N–H and O–H groups in total. The largest absolute Gasteiger partial charge is 0.367 e. The molecule has 2 aromatic heterocycles. The Balaban J connectivity index is 1.82. The van der Waals surface area contributed by atoms with Crippen molar-refractivity contribution in [1.82, 2.24) is 19.6 Å². The van der Waals surface area contributed by atoms with Crippen molar-refractivity contribution in [2.75, 3.05) is 0 Å². The highest BCUT2D eigenvalue weighted by molar-refractivity contribution is 5.60. The fraction of sp³-hybridized carbons (Fsp3) is 0.250. The van der Waals surface area contributed by atoms with Crippen LogP contribution in [0.1, 0.15) is 44.0 Å². The molecule has 3 aromatic rings. The Morgan fingerprint density at radius 2 is 2.15 bits per heavy atom. The molecule has 0 amide bonds. The summed E-state index contributed by atoms with van der Waals surface area (Å²) in [5.74, 6) is 0.507. The zero-order chi connectivity index (χ0) is 19.4. The van der Waals surface area contributed by atoms with E-state index in [-0.39, 0.29) is 23.8 Å². The first-order valence-electron chi connectivity index (χ1n) is 8.64. The Morgan fingerprint density at radius 1 is 1.37 bits per heavy atom. The second-order valence-corrected chi connectivity index (χ2v) is 6.14. The lowest BCUT2D eigenvalue weighted by Crippen LogP contribution is -2.16. The molecule has 0 aliphatic carbocycles. The highest BCUT2D eigenvalue weighted by Gasteiger charge is 2.13. The van der Waals surface area contributed by atoms with Crippen LogP contribution < -0.4 is 5.56 Å². The summed E-state index contributed by atoms with van der Waals surface area (Å²) in [6, 6.07) is 7.83. The van der Waals surface area contributed by atoms with Crippen molar-refractivity contribution in [3.8, 4) is 0 Å². The molecule has 0 saturated carbocycles. The molecule has 0 saturated heterocycles. The number of aromatic amines is 1. The Labute approximate surface area is 156 Å².